The van der Waals surface area contributed by atoms with E-state index in [9.17, 15) is 23.5 Å². The van der Waals surface area contributed by atoms with Crippen molar-refractivity contribution < 1.29 is 23.5 Å². The minimum Gasteiger partial charge on any atom is -0.503 e. The zero-order valence-corrected chi connectivity index (χ0v) is 15.7. The lowest BCUT2D eigenvalue weighted by Gasteiger charge is -2.24. The number of thiazole rings is 1. The number of carbonyl (C=O) groups excluding carboxylic acids is 2. The predicted octanol–water partition coefficient (Wildman–Crippen LogP) is 4.45. The van der Waals surface area contributed by atoms with Crippen molar-refractivity contribution in [3.63, 3.8) is 0 Å². The molecule has 1 atom stereocenters. The molecule has 0 radical (unpaired) electrons. The third-order valence-corrected chi connectivity index (χ3v) is 6.18. The van der Waals surface area contributed by atoms with Crippen molar-refractivity contribution in [2.45, 2.75) is 18.9 Å². The maximum atomic E-state index is 14.7. The number of hydrogen-bond donors (Lipinski definition) is 1. The van der Waals surface area contributed by atoms with Crippen molar-refractivity contribution in [3.05, 3.63) is 71.0 Å². The molecule has 1 amide bonds. The van der Waals surface area contributed by atoms with Crippen molar-refractivity contribution in [1.82, 2.24) is 4.98 Å². The average Bonchev–Trinajstić information content (AvgIpc) is 3.42. The van der Waals surface area contributed by atoms with Gasteiger partial charge in [0.25, 0.3) is 5.91 Å². The predicted molar refractivity (Wildman–Crippen MR) is 104 cm³/mol. The number of carbonyl (C=O) groups is 2. The van der Waals surface area contributed by atoms with Crippen LogP contribution in [0.2, 0.25) is 0 Å². The van der Waals surface area contributed by atoms with E-state index in [1.165, 1.54) is 36.4 Å². The first-order chi connectivity index (χ1) is 14.0. The van der Waals surface area contributed by atoms with Crippen LogP contribution in [0.4, 0.5) is 13.9 Å². The highest BCUT2D eigenvalue weighted by atomic mass is 32.1. The number of benzene rings is 2. The number of nitrogens with zero attached hydrogens (tertiary/aromatic N) is 2. The zero-order chi connectivity index (χ0) is 20.3. The van der Waals surface area contributed by atoms with E-state index in [4.69, 9.17) is 0 Å². The van der Waals surface area contributed by atoms with Crippen LogP contribution in [0.15, 0.2) is 53.8 Å². The second kappa shape index (κ2) is 6.45. The van der Waals surface area contributed by atoms with E-state index >= 15 is 0 Å². The van der Waals surface area contributed by atoms with Gasteiger partial charge in [-0.15, -0.1) is 0 Å². The van der Waals surface area contributed by atoms with Crippen LogP contribution in [0.25, 0.3) is 10.2 Å². The summed E-state index contributed by atoms with van der Waals surface area (Å²) in [5.41, 5.74) is 0.459. The first-order valence-corrected chi connectivity index (χ1v) is 9.89. The molecule has 1 unspecified atom stereocenters. The molecule has 1 N–H and O–H groups in total. The Morgan fingerprint density at radius 1 is 1.17 bits per heavy atom. The summed E-state index contributed by atoms with van der Waals surface area (Å²) in [5.74, 6) is -3.16. The maximum Gasteiger partial charge on any atom is 0.296 e. The minimum atomic E-state index is -1.12. The molecule has 5 nitrogen and oxygen atoms in total. The molecule has 2 aromatic carbocycles. The molecule has 0 saturated heterocycles. The number of aliphatic hydroxyl groups excluding tert-OH is 1. The summed E-state index contributed by atoms with van der Waals surface area (Å²) < 4.78 is 28.8. The van der Waals surface area contributed by atoms with Crippen LogP contribution in [-0.2, 0) is 9.59 Å². The van der Waals surface area contributed by atoms with Crippen molar-refractivity contribution in [1.29, 1.82) is 0 Å². The summed E-state index contributed by atoms with van der Waals surface area (Å²) in [5, 5.41) is 10.7. The lowest BCUT2D eigenvalue weighted by molar-refractivity contribution is -0.118. The Hall–Kier alpha value is -3.13. The largest absolute Gasteiger partial charge is 0.503 e. The molecule has 0 spiro atoms. The van der Waals surface area contributed by atoms with Gasteiger partial charge < -0.3 is 5.11 Å². The van der Waals surface area contributed by atoms with Gasteiger partial charge in [0.15, 0.2) is 16.7 Å². The molecule has 1 aliphatic heterocycles. The standard InChI is InChI=1S/C21H14F2N2O3S/c22-11-7-8-14-15(9-11)29-21(24-14)25-17(12-3-1-2-4-13(12)23)16(19(27)20(25)28)18(26)10-5-6-10/h1-4,7-10,17,27H,5-6H2. The molecule has 146 valence electrons. The third kappa shape index (κ3) is 2.82. The van der Waals surface area contributed by atoms with E-state index in [0.717, 1.165) is 16.2 Å². The SMILES string of the molecule is O=C(C1=C(O)C(=O)N(c2nc3ccc(F)cc3s2)C1c1ccccc1F)C1CC1. The first kappa shape index (κ1) is 17.9. The second-order valence-electron chi connectivity index (χ2n) is 7.11. The summed E-state index contributed by atoms with van der Waals surface area (Å²) >= 11 is 1.04. The molecular weight excluding hydrogens is 398 g/mol. The maximum absolute atomic E-state index is 14.7. The van der Waals surface area contributed by atoms with Gasteiger partial charge in [0.2, 0.25) is 0 Å². The molecule has 3 aromatic rings. The normalized spacial score (nSPS) is 19.4. The molecule has 1 fully saturated rings. The third-order valence-electron chi connectivity index (χ3n) is 5.17. The van der Waals surface area contributed by atoms with Gasteiger partial charge in [0, 0.05) is 11.5 Å². The van der Waals surface area contributed by atoms with Gasteiger partial charge in [-0.2, -0.15) is 0 Å². The Morgan fingerprint density at radius 3 is 2.66 bits per heavy atom. The highest BCUT2D eigenvalue weighted by Gasteiger charge is 2.49. The van der Waals surface area contributed by atoms with Gasteiger partial charge in [-0.05, 0) is 37.1 Å². The van der Waals surface area contributed by atoms with Crippen LogP contribution in [0, 0.1) is 17.6 Å². The van der Waals surface area contributed by atoms with Gasteiger partial charge in [0.1, 0.15) is 17.7 Å². The zero-order valence-electron chi connectivity index (χ0n) is 14.9. The van der Waals surface area contributed by atoms with Crippen LogP contribution in [0.5, 0.6) is 0 Å². The Bertz CT molecular complexity index is 1220. The number of ketones is 1. The summed E-state index contributed by atoms with van der Waals surface area (Å²) in [7, 11) is 0. The number of Topliss-reactive ketones (excluding diaryl/α,β-unsaturated/α-hetero) is 1. The van der Waals surface area contributed by atoms with Gasteiger partial charge in [-0.1, -0.05) is 29.5 Å². The molecule has 0 bridgehead atoms. The molecular formula is C21H14F2N2O3S. The highest BCUT2D eigenvalue weighted by molar-refractivity contribution is 7.22. The van der Waals surface area contributed by atoms with Crippen LogP contribution in [-0.4, -0.2) is 21.8 Å². The molecule has 1 aromatic heterocycles. The highest BCUT2D eigenvalue weighted by Crippen LogP contribution is 2.47. The number of hydrogen-bond acceptors (Lipinski definition) is 5. The molecule has 8 heteroatoms. The Kier molecular flexibility index (Phi) is 3.99. The summed E-state index contributed by atoms with van der Waals surface area (Å²) in [6.45, 7) is 0. The topological polar surface area (TPSA) is 70.5 Å². The van der Waals surface area contributed by atoms with E-state index in [0.29, 0.717) is 23.1 Å². The van der Waals surface area contributed by atoms with E-state index in [1.807, 2.05) is 0 Å². The van der Waals surface area contributed by atoms with E-state index in [1.54, 1.807) is 6.07 Å². The number of fused-ring (bicyclic) bond motifs is 1. The van der Waals surface area contributed by atoms with Crippen LogP contribution < -0.4 is 4.90 Å². The Labute approximate surface area is 167 Å². The summed E-state index contributed by atoms with van der Waals surface area (Å²) in [6, 6.07) is 8.72. The van der Waals surface area contributed by atoms with Crippen molar-refractivity contribution >= 4 is 38.4 Å². The van der Waals surface area contributed by atoms with Gasteiger partial charge in [0.05, 0.1) is 15.8 Å². The molecule has 1 aliphatic carbocycles. The molecule has 2 aliphatic rings. The van der Waals surface area contributed by atoms with Gasteiger partial charge in [-0.25, -0.2) is 13.8 Å². The number of amides is 1. The average molecular weight is 412 g/mol. The minimum absolute atomic E-state index is 0.0966. The van der Waals surface area contributed by atoms with E-state index in [2.05, 4.69) is 4.98 Å². The van der Waals surface area contributed by atoms with Crippen LogP contribution in [0.3, 0.4) is 0 Å². The Morgan fingerprint density at radius 2 is 1.93 bits per heavy atom. The van der Waals surface area contributed by atoms with Crippen LogP contribution in [0.1, 0.15) is 24.4 Å². The van der Waals surface area contributed by atoms with Gasteiger partial charge >= 0.3 is 0 Å². The van der Waals surface area contributed by atoms with Gasteiger partial charge in [-0.3, -0.25) is 14.5 Å². The quantitative estimate of drug-likeness (QED) is 0.687. The summed E-state index contributed by atoms with van der Waals surface area (Å²) in [6.07, 6.45) is 1.35. The fraction of sp³-hybridized carbons (Fsp3) is 0.190. The number of rotatable bonds is 4. The monoisotopic (exact) mass is 412 g/mol. The number of anilines is 1. The summed E-state index contributed by atoms with van der Waals surface area (Å²) in [4.78, 5) is 31.3. The Balaban J connectivity index is 1.69. The van der Waals surface area contributed by atoms with Crippen molar-refractivity contribution in [3.8, 4) is 0 Å². The lowest BCUT2D eigenvalue weighted by atomic mass is 9.94. The number of halogens is 2. The second-order valence-corrected chi connectivity index (χ2v) is 8.12. The molecule has 5 rings (SSSR count). The van der Waals surface area contributed by atoms with Crippen molar-refractivity contribution in [2.24, 2.45) is 5.92 Å². The fourth-order valence-electron chi connectivity index (χ4n) is 3.60. The number of aromatic nitrogens is 1. The molecule has 2 heterocycles. The van der Waals surface area contributed by atoms with E-state index < -0.39 is 29.3 Å². The molecule has 29 heavy (non-hydrogen) atoms. The van der Waals surface area contributed by atoms with Crippen molar-refractivity contribution in [2.75, 3.05) is 4.90 Å². The lowest BCUT2D eigenvalue weighted by Crippen LogP contribution is -2.31. The number of aliphatic hydroxyl groups is 1. The smallest absolute Gasteiger partial charge is 0.296 e. The molecule has 1 saturated carbocycles. The fourth-order valence-corrected chi connectivity index (χ4v) is 4.62. The van der Waals surface area contributed by atoms with Crippen LogP contribution >= 0.6 is 11.3 Å². The first-order valence-electron chi connectivity index (χ1n) is 9.07. The van der Waals surface area contributed by atoms with E-state index in [-0.39, 0.29) is 28.0 Å².